The molecule has 2 aromatic rings. The number of rotatable bonds is 15. The van der Waals surface area contributed by atoms with Crippen LogP contribution in [0.15, 0.2) is 58.8 Å². The third-order valence-electron chi connectivity index (χ3n) is 5.11. The molecule has 0 aliphatic rings. The monoisotopic (exact) mass is 394 g/mol. The van der Waals surface area contributed by atoms with Gasteiger partial charge in [0.2, 0.25) is 0 Å². The van der Waals surface area contributed by atoms with Crippen molar-refractivity contribution in [3.8, 4) is 5.75 Å². The summed E-state index contributed by atoms with van der Waals surface area (Å²) in [5.74, 6) is 1.00. The van der Waals surface area contributed by atoms with Crippen LogP contribution < -0.4 is 4.74 Å². The third kappa shape index (κ3) is 9.74. The lowest BCUT2D eigenvalue weighted by Gasteiger charge is -2.11. The average molecular weight is 395 g/mol. The van der Waals surface area contributed by atoms with Crippen LogP contribution in [0.1, 0.15) is 83.6 Å². The molecule has 0 saturated carbocycles. The smallest absolute Gasteiger partial charge is 0.122 e. The average Bonchev–Trinajstić information content (AvgIpc) is 2.75. The first-order valence-corrected chi connectivity index (χ1v) is 11.6. The van der Waals surface area contributed by atoms with Crippen LogP contribution in [-0.2, 0) is 6.42 Å². The van der Waals surface area contributed by atoms with Gasteiger partial charge in [0.15, 0.2) is 0 Å². The molecular formula is C26H38N2O. The lowest BCUT2D eigenvalue weighted by Crippen LogP contribution is -2.00. The summed E-state index contributed by atoms with van der Waals surface area (Å²) >= 11 is 0. The topological polar surface area (TPSA) is 34.0 Å². The molecule has 0 spiro atoms. The molecule has 0 fully saturated rings. The second-order valence-corrected chi connectivity index (χ2v) is 7.75. The second kappa shape index (κ2) is 14.8. The van der Waals surface area contributed by atoms with E-state index in [1.807, 2.05) is 36.4 Å². The van der Waals surface area contributed by atoms with E-state index in [-0.39, 0.29) is 0 Å². The highest BCUT2D eigenvalue weighted by molar-refractivity contribution is 5.48. The summed E-state index contributed by atoms with van der Waals surface area (Å²) in [5.41, 5.74) is 2.98. The number of aryl methyl sites for hydroxylation is 1. The van der Waals surface area contributed by atoms with Crippen molar-refractivity contribution in [2.75, 3.05) is 6.61 Å². The van der Waals surface area contributed by atoms with Crippen molar-refractivity contribution in [3.05, 3.63) is 54.1 Å². The van der Waals surface area contributed by atoms with Gasteiger partial charge in [-0.15, -0.1) is 0 Å². The molecule has 0 amide bonds. The summed E-state index contributed by atoms with van der Waals surface area (Å²) in [6, 6.07) is 16.0. The van der Waals surface area contributed by atoms with Gasteiger partial charge in [0.25, 0.3) is 0 Å². The fourth-order valence-electron chi connectivity index (χ4n) is 3.44. The Labute approximate surface area is 177 Å². The van der Waals surface area contributed by atoms with Gasteiger partial charge in [-0.1, -0.05) is 89.8 Å². The minimum absolute atomic E-state index is 0.803. The van der Waals surface area contributed by atoms with Crippen LogP contribution >= 0.6 is 0 Å². The van der Waals surface area contributed by atoms with E-state index >= 15 is 0 Å². The Bertz CT molecular complexity index is 697. The molecule has 0 unspecified atom stereocenters. The number of azo groups is 1. The SMILES string of the molecule is CCCCCCCCCCCOc1ccc(/N=N/c2ccccc2)cc1CCC. The number of ether oxygens (including phenoxy) is 1. The van der Waals surface area contributed by atoms with Crippen LogP contribution in [0.3, 0.4) is 0 Å². The molecule has 2 aromatic carbocycles. The molecule has 0 N–H and O–H groups in total. The predicted octanol–water partition coefficient (Wildman–Crippen LogP) is 8.96. The van der Waals surface area contributed by atoms with Gasteiger partial charge in [-0.25, -0.2) is 0 Å². The Morgan fingerprint density at radius 2 is 1.31 bits per heavy atom. The van der Waals surface area contributed by atoms with Gasteiger partial charge < -0.3 is 4.74 Å². The number of hydrogen-bond acceptors (Lipinski definition) is 3. The normalized spacial score (nSPS) is 11.2. The van der Waals surface area contributed by atoms with Gasteiger partial charge in [-0.05, 0) is 48.7 Å². The predicted molar refractivity (Wildman–Crippen MR) is 124 cm³/mol. The van der Waals surface area contributed by atoms with Gasteiger partial charge in [-0.2, -0.15) is 10.2 Å². The van der Waals surface area contributed by atoms with E-state index in [1.54, 1.807) is 0 Å². The molecule has 0 bridgehead atoms. The first-order valence-electron chi connectivity index (χ1n) is 11.6. The Morgan fingerprint density at radius 3 is 2.00 bits per heavy atom. The number of benzene rings is 2. The van der Waals surface area contributed by atoms with E-state index in [1.165, 1.54) is 56.9 Å². The van der Waals surface area contributed by atoms with Crippen molar-refractivity contribution in [3.63, 3.8) is 0 Å². The van der Waals surface area contributed by atoms with Crippen LogP contribution in [0.4, 0.5) is 11.4 Å². The van der Waals surface area contributed by atoms with Crippen LogP contribution in [0, 0.1) is 0 Å². The molecule has 0 saturated heterocycles. The van der Waals surface area contributed by atoms with Crippen molar-refractivity contribution >= 4 is 11.4 Å². The molecular weight excluding hydrogens is 356 g/mol. The molecule has 0 aliphatic carbocycles. The fraction of sp³-hybridized carbons (Fsp3) is 0.538. The summed E-state index contributed by atoms with van der Waals surface area (Å²) < 4.78 is 6.09. The van der Waals surface area contributed by atoms with Crippen molar-refractivity contribution in [2.45, 2.75) is 84.5 Å². The van der Waals surface area contributed by atoms with Crippen LogP contribution in [-0.4, -0.2) is 6.61 Å². The summed E-state index contributed by atoms with van der Waals surface area (Å²) in [4.78, 5) is 0. The van der Waals surface area contributed by atoms with E-state index < -0.39 is 0 Å². The highest BCUT2D eigenvalue weighted by Crippen LogP contribution is 2.27. The summed E-state index contributed by atoms with van der Waals surface area (Å²) in [7, 11) is 0. The van der Waals surface area contributed by atoms with Crippen molar-refractivity contribution in [2.24, 2.45) is 10.2 Å². The zero-order chi connectivity index (χ0) is 20.6. The Balaban J connectivity index is 1.74. The quantitative estimate of drug-likeness (QED) is 0.219. The van der Waals surface area contributed by atoms with E-state index in [0.717, 1.165) is 43.0 Å². The molecule has 2 rings (SSSR count). The zero-order valence-electron chi connectivity index (χ0n) is 18.4. The molecule has 29 heavy (non-hydrogen) atoms. The Hall–Kier alpha value is -2.16. The fourth-order valence-corrected chi connectivity index (χ4v) is 3.44. The molecule has 0 heterocycles. The summed E-state index contributed by atoms with van der Waals surface area (Å²) in [6.45, 7) is 5.27. The highest BCUT2D eigenvalue weighted by atomic mass is 16.5. The second-order valence-electron chi connectivity index (χ2n) is 7.75. The van der Waals surface area contributed by atoms with Crippen molar-refractivity contribution in [1.82, 2.24) is 0 Å². The third-order valence-corrected chi connectivity index (χ3v) is 5.11. The first kappa shape index (κ1) is 23.1. The minimum Gasteiger partial charge on any atom is -0.493 e. The van der Waals surface area contributed by atoms with Gasteiger partial charge in [0.1, 0.15) is 5.75 Å². The van der Waals surface area contributed by atoms with Crippen LogP contribution in [0.2, 0.25) is 0 Å². The van der Waals surface area contributed by atoms with Gasteiger partial charge >= 0.3 is 0 Å². The molecule has 0 radical (unpaired) electrons. The summed E-state index contributed by atoms with van der Waals surface area (Å²) in [5, 5.41) is 8.71. The number of hydrogen-bond donors (Lipinski definition) is 0. The number of nitrogens with zero attached hydrogens (tertiary/aromatic N) is 2. The standard InChI is InChI=1S/C26H38N2O/c1-3-5-6-7-8-9-10-11-15-21-29-26-20-19-25(22-23(26)16-4-2)28-27-24-17-13-12-14-18-24/h12-14,17-20,22H,3-11,15-16,21H2,1-2H3/b28-27+. The van der Waals surface area contributed by atoms with E-state index in [4.69, 9.17) is 4.74 Å². The zero-order valence-corrected chi connectivity index (χ0v) is 18.4. The molecule has 0 atom stereocenters. The highest BCUT2D eigenvalue weighted by Gasteiger charge is 2.05. The molecule has 0 aromatic heterocycles. The van der Waals surface area contributed by atoms with E-state index in [2.05, 4.69) is 36.2 Å². The van der Waals surface area contributed by atoms with Crippen molar-refractivity contribution < 1.29 is 4.74 Å². The number of unbranched alkanes of at least 4 members (excludes halogenated alkanes) is 8. The maximum Gasteiger partial charge on any atom is 0.122 e. The van der Waals surface area contributed by atoms with Crippen LogP contribution in [0.5, 0.6) is 5.75 Å². The molecule has 158 valence electrons. The van der Waals surface area contributed by atoms with E-state index in [9.17, 15) is 0 Å². The molecule has 3 nitrogen and oxygen atoms in total. The van der Waals surface area contributed by atoms with Gasteiger partial charge in [-0.3, -0.25) is 0 Å². The minimum atomic E-state index is 0.803. The lowest BCUT2D eigenvalue weighted by molar-refractivity contribution is 0.301. The van der Waals surface area contributed by atoms with Crippen molar-refractivity contribution in [1.29, 1.82) is 0 Å². The van der Waals surface area contributed by atoms with Gasteiger partial charge in [0, 0.05) is 0 Å². The summed E-state index contributed by atoms with van der Waals surface area (Å²) in [6.07, 6.45) is 14.1. The molecule has 0 aliphatic heterocycles. The van der Waals surface area contributed by atoms with Gasteiger partial charge in [0.05, 0.1) is 18.0 Å². The maximum absolute atomic E-state index is 6.09. The largest absolute Gasteiger partial charge is 0.493 e. The van der Waals surface area contributed by atoms with Crippen LogP contribution in [0.25, 0.3) is 0 Å². The Morgan fingerprint density at radius 1 is 0.655 bits per heavy atom. The first-order chi connectivity index (χ1) is 14.3. The van der Waals surface area contributed by atoms with E-state index in [0.29, 0.717) is 0 Å². The maximum atomic E-state index is 6.09. The lowest BCUT2D eigenvalue weighted by atomic mass is 10.1. The Kier molecular flexibility index (Phi) is 11.8. The molecule has 3 heteroatoms.